The van der Waals surface area contributed by atoms with Gasteiger partial charge in [0, 0.05) is 4.47 Å². The topological polar surface area (TPSA) is 88.2 Å². The Balaban J connectivity index is 2.56. The van der Waals surface area contributed by atoms with E-state index in [2.05, 4.69) is 26.1 Å². The lowest BCUT2D eigenvalue weighted by Gasteiger charge is -2.14. The summed E-state index contributed by atoms with van der Waals surface area (Å²) >= 11 is 4.58. The van der Waals surface area contributed by atoms with Crippen molar-refractivity contribution in [1.82, 2.24) is 14.8 Å². The molecule has 0 unspecified atom stereocenters. The fourth-order valence-corrected chi connectivity index (χ4v) is 3.57. The molecule has 2 rings (SSSR count). The molecular formula is C13H14BrN3O3S. The maximum atomic E-state index is 10.7. The van der Waals surface area contributed by atoms with Gasteiger partial charge in [-0.25, -0.2) is 0 Å². The Morgan fingerprint density at radius 3 is 2.67 bits per heavy atom. The summed E-state index contributed by atoms with van der Waals surface area (Å²) in [5.41, 5.74) is 2.89. The molecule has 0 aliphatic heterocycles. The molecule has 0 fully saturated rings. The molecule has 21 heavy (non-hydrogen) atoms. The van der Waals surface area contributed by atoms with Gasteiger partial charge in [0.1, 0.15) is 6.61 Å². The highest BCUT2D eigenvalue weighted by Crippen LogP contribution is 2.31. The second-order valence-corrected chi connectivity index (χ2v) is 6.28. The van der Waals surface area contributed by atoms with Crippen LogP contribution in [0.1, 0.15) is 17.0 Å². The molecule has 0 amide bonds. The largest absolute Gasteiger partial charge is 0.481 e. The van der Waals surface area contributed by atoms with E-state index in [0.717, 1.165) is 33.0 Å². The Bertz CT molecular complexity index is 664. The van der Waals surface area contributed by atoms with Crippen LogP contribution in [-0.2, 0) is 11.4 Å². The highest BCUT2D eigenvalue weighted by molar-refractivity contribution is 9.10. The monoisotopic (exact) mass is 371 g/mol. The van der Waals surface area contributed by atoms with E-state index in [9.17, 15) is 9.90 Å². The number of aliphatic carboxylic acids is 1. The molecule has 0 radical (unpaired) electrons. The van der Waals surface area contributed by atoms with Crippen molar-refractivity contribution in [3.05, 3.63) is 33.6 Å². The van der Waals surface area contributed by atoms with E-state index in [1.54, 1.807) is 4.57 Å². The lowest BCUT2D eigenvalue weighted by Crippen LogP contribution is -2.07. The normalized spacial score (nSPS) is 10.9. The van der Waals surface area contributed by atoms with Crippen LogP contribution >= 0.6 is 27.7 Å². The molecule has 0 saturated carbocycles. The van der Waals surface area contributed by atoms with E-state index in [4.69, 9.17) is 5.11 Å². The van der Waals surface area contributed by atoms with Gasteiger partial charge in [0.05, 0.1) is 11.4 Å². The molecule has 0 atom stereocenters. The average Bonchev–Trinajstić information content (AvgIpc) is 2.78. The van der Waals surface area contributed by atoms with Crippen LogP contribution in [0.2, 0.25) is 0 Å². The SMILES string of the molecule is Cc1cc(C)c(-n2c(CO)nnc2SCC(=O)O)c(Br)c1. The molecule has 8 heteroatoms. The summed E-state index contributed by atoms with van der Waals surface area (Å²) < 4.78 is 2.53. The zero-order valence-electron chi connectivity index (χ0n) is 11.5. The molecule has 112 valence electrons. The molecule has 2 N–H and O–H groups in total. The number of halogens is 1. The Morgan fingerprint density at radius 2 is 2.10 bits per heavy atom. The van der Waals surface area contributed by atoms with Gasteiger partial charge in [-0.05, 0) is 47.0 Å². The zero-order chi connectivity index (χ0) is 15.6. The van der Waals surface area contributed by atoms with Crippen LogP contribution in [0.3, 0.4) is 0 Å². The van der Waals surface area contributed by atoms with Crippen LogP contribution in [0, 0.1) is 13.8 Å². The lowest BCUT2D eigenvalue weighted by atomic mass is 10.1. The van der Waals surface area contributed by atoms with Crippen molar-refractivity contribution in [2.24, 2.45) is 0 Å². The first kappa shape index (κ1) is 16.0. The van der Waals surface area contributed by atoms with Crippen LogP contribution in [0.15, 0.2) is 21.8 Å². The van der Waals surface area contributed by atoms with Crippen LogP contribution < -0.4 is 0 Å². The number of rotatable bonds is 5. The third-order valence-corrected chi connectivity index (χ3v) is 4.31. The Morgan fingerprint density at radius 1 is 1.38 bits per heavy atom. The van der Waals surface area contributed by atoms with E-state index >= 15 is 0 Å². The third-order valence-electron chi connectivity index (χ3n) is 2.79. The quantitative estimate of drug-likeness (QED) is 0.784. The van der Waals surface area contributed by atoms with Crippen LogP contribution in [-0.4, -0.2) is 36.7 Å². The van der Waals surface area contributed by atoms with Crippen molar-refractivity contribution in [2.45, 2.75) is 25.6 Å². The summed E-state index contributed by atoms with van der Waals surface area (Å²) in [6.45, 7) is 3.65. The Kier molecular flexibility index (Phi) is 5.02. The first-order chi connectivity index (χ1) is 9.93. The summed E-state index contributed by atoms with van der Waals surface area (Å²) in [7, 11) is 0. The minimum absolute atomic E-state index is 0.119. The number of carboxylic acid groups (broad SMARTS) is 1. The maximum Gasteiger partial charge on any atom is 0.313 e. The highest BCUT2D eigenvalue weighted by atomic mass is 79.9. The van der Waals surface area contributed by atoms with Crippen molar-refractivity contribution < 1.29 is 15.0 Å². The number of hydrogen-bond acceptors (Lipinski definition) is 5. The van der Waals surface area contributed by atoms with Gasteiger partial charge in [-0.15, -0.1) is 10.2 Å². The molecule has 1 aromatic carbocycles. The first-order valence-corrected chi connectivity index (χ1v) is 7.88. The predicted octanol–water partition coefficient (Wildman–Crippen LogP) is 2.32. The van der Waals surface area contributed by atoms with Crippen LogP contribution in [0.4, 0.5) is 0 Å². The molecule has 0 aliphatic rings. The van der Waals surface area contributed by atoms with Gasteiger partial charge < -0.3 is 10.2 Å². The molecule has 0 bridgehead atoms. The van der Waals surface area contributed by atoms with Crippen molar-refractivity contribution >= 4 is 33.7 Å². The van der Waals surface area contributed by atoms with Gasteiger partial charge in [-0.3, -0.25) is 9.36 Å². The summed E-state index contributed by atoms with van der Waals surface area (Å²) in [5, 5.41) is 26.6. The van der Waals surface area contributed by atoms with E-state index < -0.39 is 5.97 Å². The molecule has 0 spiro atoms. The number of aromatic nitrogens is 3. The minimum atomic E-state index is -0.931. The summed E-state index contributed by atoms with van der Waals surface area (Å²) in [5.74, 6) is -0.679. The Hall–Kier alpha value is -1.38. The predicted molar refractivity (Wildman–Crippen MR) is 82.8 cm³/mol. The average molecular weight is 372 g/mol. The highest BCUT2D eigenvalue weighted by Gasteiger charge is 2.18. The maximum absolute atomic E-state index is 10.7. The van der Waals surface area contributed by atoms with Crippen LogP contribution in [0.5, 0.6) is 0 Å². The molecule has 1 heterocycles. The molecular weight excluding hydrogens is 358 g/mol. The van der Waals surface area contributed by atoms with Gasteiger partial charge >= 0.3 is 5.97 Å². The van der Waals surface area contributed by atoms with Gasteiger partial charge in [-0.2, -0.15) is 0 Å². The molecule has 0 aliphatic carbocycles. The second-order valence-electron chi connectivity index (χ2n) is 4.49. The van der Waals surface area contributed by atoms with E-state index in [1.165, 1.54) is 0 Å². The number of carbonyl (C=O) groups is 1. The standard InChI is InChI=1S/C13H14BrN3O3S/c1-7-3-8(2)12(9(14)4-7)17-10(5-18)15-16-13(17)21-6-11(19)20/h3-4,18H,5-6H2,1-2H3,(H,19,20). The van der Waals surface area contributed by atoms with Gasteiger partial charge in [0.15, 0.2) is 11.0 Å². The number of hydrogen-bond donors (Lipinski definition) is 2. The number of nitrogens with zero attached hydrogens (tertiary/aromatic N) is 3. The molecule has 2 aromatic rings. The number of aliphatic hydroxyl groups excluding tert-OH is 1. The lowest BCUT2D eigenvalue weighted by molar-refractivity contribution is -0.133. The number of aliphatic hydroxyl groups is 1. The van der Waals surface area contributed by atoms with Gasteiger partial charge in [0.2, 0.25) is 0 Å². The zero-order valence-corrected chi connectivity index (χ0v) is 13.9. The van der Waals surface area contributed by atoms with Crippen molar-refractivity contribution in [3.8, 4) is 5.69 Å². The van der Waals surface area contributed by atoms with Crippen molar-refractivity contribution in [1.29, 1.82) is 0 Å². The number of thioether (sulfide) groups is 1. The molecule has 6 nitrogen and oxygen atoms in total. The number of carboxylic acids is 1. The third kappa shape index (κ3) is 3.45. The summed E-state index contributed by atoms with van der Waals surface area (Å²) in [6.07, 6.45) is 0. The fourth-order valence-electron chi connectivity index (χ4n) is 2.04. The van der Waals surface area contributed by atoms with Crippen LogP contribution in [0.25, 0.3) is 5.69 Å². The Labute approximate surface area is 134 Å². The van der Waals surface area contributed by atoms with Crippen molar-refractivity contribution in [2.75, 3.05) is 5.75 Å². The summed E-state index contributed by atoms with van der Waals surface area (Å²) in [4.78, 5) is 10.7. The van der Waals surface area contributed by atoms with E-state index in [1.807, 2.05) is 26.0 Å². The number of aryl methyl sites for hydroxylation is 2. The van der Waals surface area contributed by atoms with Gasteiger partial charge in [0.25, 0.3) is 0 Å². The van der Waals surface area contributed by atoms with E-state index in [0.29, 0.717) is 11.0 Å². The molecule has 0 saturated heterocycles. The van der Waals surface area contributed by atoms with Crippen molar-refractivity contribution in [3.63, 3.8) is 0 Å². The van der Waals surface area contributed by atoms with Gasteiger partial charge in [-0.1, -0.05) is 17.8 Å². The summed E-state index contributed by atoms with van der Waals surface area (Å²) in [6, 6.07) is 3.96. The number of benzene rings is 1. The van der Waals surface area contributed by atoms with E-state index in [-0.39, 0.29) is 12.4 Å². The minimum Gasteiger partial charge on any atom is -0.481 e. The second kappa shape index (κ2) is 6.59. The fraction of sp³-hybridized carbons (Fsp3) is 0.308. The first-order valence-electron chi connectivity index (χ1n) is 6.11. The molecule has 1 aromatic heterocycles. The smallest absolute Gasteiger partial charge is 0.313 e.